The molecular weight excluding hydrogens is 337 g/mol. The molecule has 0 fully saturated rings. The van der Waals surface area contributed by atoms with Crippen LogP contribution in [0, 0.1) is 0 Å². The van der Waals surface area contributed by atoms with Crippen LogP contribution in [0.1, 0.15) is 39.2 Å². The number of nitrogens with one attached hydrogen (secondary N) is 1. The number of amides is 1. The van der Waals surface area contributed by atoms with E-state index < -0.39 is 17.3 Å². The molecule has 1 aliphatic rings. The number of carbonyl (C=O) groups excluding carboxylic acids is 1. The molecule has 1 N–H and O–H groups in total. The monoisotopic (exact) mass is 358 g/mol. The average Bonchev–Trinajstić information content (AvgIpc) is 2.52. The van der Waals surface area contributed by atoms with Crippen LogP contribution in [0.2, 0.25) is 0 Å². The zero-order valence-electron chi connectivity index (χ0n) is 14.4. The van der Waals surface area contributed by atoms with Gasteiger partial charge in [0.1, 0.15) is 12.4 Å². The maximum absolute atomic E-state index is 12.5. The van der Waals surface area contributed by atoms with E-state index in [4.69, 9.17) is 9.47 Å². The number of rotatable bonds is 5. The van der Waals surface area contributed by atoms with E-state index in [2.05, 4.69) is 10.3 Å². The summed E-state index contributed by atoms with van der Waals surface area (Å²) in [6.07, 6.45) is -2.29. The molecule has 2 heterocycles. The Morgan fingerprint density at radius 1 is 1.36 bits per heavy atom. The molecule has 0 bridgehead atoms. The minimum atomic E-state index is -4.44. The third kappa shape index (κ3) is 5.37. The molecule has 1 aliphatic heterocycles. The molecule has 0 radical (unpaired) electrons. The summed E-state index contributed by atoms with van der Waals surface area (Å²) in [6.45, 7) is 5.94. The smallest absolute Gasteiger partial charge is 0.417 e. The number of ether oxygens (including phenoxy) is 2. The Hall–Kier alpha value is -2.25. The molecule has 0 atom stereocenters. The Bertz CT molecular complexity index is 652. The largest absolute Gasteiger partial charge is 0.498 e. The molecule has 8 heteroatoms. The second-order valence-corrected chi connectivity index (χ2v) is 6.50. The second-order valence-electron chi connectivity index (χ2n) is 6.50. The predicted octanol–water partition coefficient (Wildman–Crippen LogP) is 3.46. The number of halogens is 3. The van der Waals surface area contributed by atoms with Gasteiger partial charge >= 0.3 is 6.18 Å². The van der Waals surface area contributed by atoms with Gasteiger partial charge < -0.3 is 14.8 Å². The van der Waals surface area contributed by atoms with Crippen molar-refractivity contribution >= 4 is 5.91 Å². The number of alkyl halides is 3. The molecule has 1 amide bonds. The van der Waals surface area contributed by atoms with Gasteiger partial charge in [0.25, 0.3) is 5.91 Å². The van der Waals surface area contributed by atoms with Crippen molar-refractivity contribution in [2.75, 3.05) is 13.2 Å². The molecule has 1 aromatic rings. The van der Waals surface area contributed by atoms with Gasteiger partial charge in [-0.15, -0.1) is 0 Å². The van der Waals surface area contributed by atoms with Crippen LogP contribution in [0.25, 0.3) is 0 Å². The molecule has 138 valence electrons. The summed E-state index contributed by atoms with van der Waals surface area (Å²) < 4.78 is 48.3. The maximum Gasteiger partial charge on any atom is 0.417 e. The number of carbonyl (C=O) groups is 1. The second kappa shape index (κ2) is 7.33. The van der Waals surface area contributed by atoms with Crippen molar-refractivity contribution < 1.29 is 27.4 Å². The van der Waals surface area contributed by atoms with Crippen LogP contribution in [0.5, 0.6) is 5.88 Å². The molecule has 0 saturated carbocycles. The molecule has 5 nitrogen and oxygen atoms in total. The predicted molar refractivity (Wildman–Crippen MR) is 84.8 cm³/mol. The van der Waals surface area contributed by atoms with E-state index in [9.17, 15) is 18.0 Å². The molecule has 1 aromatic heterocycles. The van der Waals surface area contributed by atoms with E-state index in [0.717, 1.165) is 18.6 Å². The Kier molecular flexibility index (Phi) is 5.59. The summed E-state index contributed by atoms with van der Waals surface area (Å²) in [5.41, 5.74) is -0.967. The summed E-state index contributed by atoms with van der Waals surface area (Å²) in [7, 11) is 0. The van der Waals surface area contributed by atoms with Gasteiger partial charge in [0.05, 0.1) is 23.3 Å². The Morgan fingerprint density at radius 2 is 2.08 bits per heavy atom. The van der Waals surface area contributed by atoms with E-state index >= 15 is 0 Å². The van der Waals surface area contributed by atoms with E-state index in [1.54, 1.807) is 20.8 Å². The fourth-order valence-corrected chi connectivity index (χ4v) is 2.32. The zero-order valence-corrected chi connectivity index (χ0v) is 14.4. The highest BCUT2D eigenvalue weighted by Gasteiger charge is 2.31. The van der Waals surface area contributed by atoms with Crippen molar-refractivity contribution in [3.8, 4) is 5.88 Å². The number of pyridine rings is 1. The van der Waals surface area contributed by atoms with Gasteiger partial charge in [0, 0.05) is 12.3 Å². The fourth-order valence-electron chi connectivity index (χ4n) is 2.32. The van der Waals surface area contributed by atoms with Crippen LogP contribution in [-0.4, -0.2) is 29.6 Å². The Labute approximate surface area is 144 Å². The Morgan fingerprint density at radius 3 is 2.64 bits per heavy atom. The lowest BCUT2D eigenvalue weighted by Crippen LogP contribution is -2.48. The van der Waals surface area contributed by atoms with Gasteiger partial charge in [-0.2, -0.15) is 13.2 Å². The fraction of sp³-hybridized carbons (Fsp3) is 0.529. The first-order valence-electron chi connectivity index (χ1n) is 7.89. The lowest BCUT2D eigenvalue weighted by molar-refractivity contribution is -0.137. The van der Waals surface area contributed by atoms with Crippen molar-refractivity contribution in [2.24, 2.45) is 0 Å². The molecule has 0 spiro atoms. The first kappa shape index (κ1) is 19.1. The van der Waals surface area contributed by atoms with Gasteiger partial charge in [-0.1, -0.05) is 0 Å². The summed E-state index contributed by atoms with van der Waals surface area (Å²) >= 11 is 0. The normalized spacial score (nSPS) is 15.6. The van der Waals surface area contributed by atoms with Crippen molar-refractivity contribution in [3.05, 3.63) is 35.2 Å². The molecule has 0 unspecified atom stereocenters. The minimum absolute atomic E-state index is 0.0598. The third-order valence-corrected chi connectivity index (χ3v) is 3.69. The number of aromatic nitrogens is 1. The molecular formula is C17H21F3N2O3. The van der Waals surface area contributed by atoms with E-state index in [0.29, 0.717) is 30.6 Å². The molecule has 25 heavy (non-hydrogen) atoms. The van der Waals surface area contributed by atoms with Gasteiger partial charge in [-0.25, -0.2) is 4.98 Å². The average molecular weight is 358 g/mol. The number of hydrogen-bond donors (Lipinski definition) is 1. The van der Waals surface area contributed by atoms with E-state index in [-0.39, 0.29) is 18.4 Å². The van der Waals surface area contributed by atoms with Crippen LogP contribution in [0.15, 0.2) is 29.7 Å². The molecule has 0 saturated heterocycles. The highest BCUT2D eigenvalue weighted by molar-refractivity contribution is 5.94. The lowest BCUT2D eigenvalue weighted by atomic mass is 10.0. The number of hydrogen-bond acceptors (Lipinski definition) is 4. The third-order valence-electron chi connectivity index (χ3n) is 3.69. The summed E-state index contributed by atoms with van der Waals surface area (Å²) in [5.74, 6) is 0.447. The van der Waals surface area contributed by atoms with E-state index in [1.807, 2.05) is 0 Å². The van der Waals surface area contributed by atoms with Crippen molar-refractivity contribution in [1.82, 2.24) is 10.3 Å². The van der Waals surface area contributed by atoms with Gasteiger partial charge in [-0.05, 0) is 39.7 Å². The van der Waals surface area contributed by atoms with Gasteiger partial charge in [-0.3, -0.25) is 4.79 Å². The first-order chi connectivity index (χ1) is 11.6. The summed E-state index contributed by atoms with van der Waals surface area (Å²) in [4.78, 5) is 16.0. The highest BCUT2D eigenvalue weighted by atomic mass is 19.4. The topological polar surface area (TPSA) is 60.5 Å². The van der Waals surface area contributed by atoms with E-state index in [1.165, 1.54) is 0 Å². The zero-order chi connectivity index (χ0) is 18.7. The number of allylic oxidation sites excluding steroid dienone is 1. The highest BCUT2D eigenvalue weighted by Crippen LogP contribution is 2.29. The quantitative estimate of drug-likeness (QED) is 0.876. The first-order valence-corrected chi connectivity index (χ1v) is 7.89. The molecule has 2 rings (SSSR count). The van der Waals surface area contributed by atoms with Gasteiger partial charge in [0.15, 0.2) is 0 Å². The van der Waals surface area contributed by atoms with Crippen LogP contribution in [-0.2, 0) is 15.7 Å². The molecule has 0 aliphatic carbocycles. The number of nitrogens with zero attached hydrogens (tertiary/aromatic N) is 1. The van der Waals surface area contributed by atoms with Crippen LogP contribution >= 0.6 is 0 Å². The standard InChI is InChI=1S/C17H21F3N2O3/c1-11-13(5-4-8-24-11)15(23)22-16(2,3)10-25-14-7-6-12(9-21-14)17(18,19)20/h6-7,9H,4-5,8,10H2,1-3H3,(H,22,23). The van der Waals surface area contributed by atoms with Crippen molar-refractivity contribution in [1.29, 1.82) is 0 Å². The lowest BCUT2D eigenvalue weighted by Gasteiger charge is -2.28. The summed E-state index contributed by atoms with van der Waals surface area (Å²) in [6, 6.07) is 2.06. The van der Waals surface area contributed by atoms with Crippen molar-refractivity contribution in [3.63, 3.8) is 0 Å². The SMILES string of the molecule is CC1=C(C(=O)NC(C)(C)COc2ccc(C(F)(F)F)cn2)CCCO1. The van der Waals surface area contributed by atoms with Crippen LogP contribution in [0.4, 0.5) is 13.2 Å². The van der Waals surface area contributed by atoms with Crippen LogP contribution < -0.4 is 10.1 Å². The van der Waals surface area contributed by atoms with Crippen molar-refractivity contribution in [2.45, 2.75) is 45.3 Å². The molecule has 0 aromatic carbocycles. The Balaban J connectivity index is 1.93. The minimum Gasteiger partial charge on any atom is -0.498 e. The van der Waals surface area contributed by atoms with Gasteiger partial charge in [0.2, 0.25) is 5.88 Å². The summed E-state index contributed by atoms with van der Waals surface area (Å²) in [5, 5.41) is 2.85. The maximum atomic E-state index is 12.5. The van der Waals surface area contributed by atoms with Crippen LogP contribution in [0.3, 0.4) is 0 Å².